The zero-order valence-corrected chi connectivity index (χ0v) is 9.59. The predicted octanol–water partition coefficient (Wildman–Crippen LogP) is 3.08. The Balaban J connectivity index is 4.19. The van der Waals surface area contributed by atoms with Crippen LogP contribution in [-0.4, -0.2) is 20.3 Å². The Labute approximate surface area is 86.9 Å². The van der Waals surface area contributed by atoms with Crippen molar-refractivity contribution in [2.75, 3.05) is 20.3 Å². The smallest absolute Gasteiger partial charge is 0.118 e. The lowest BCUT2D eigenvalue weighted by molar-refractivity contribution is 0.113. The maximum atomic E-state index is 5.52. The molecule has 0 aliphatic rings. The second kappa shape index (κ2) is 7.39. The van der Waals surface area contributed by atoms with Gasteiger partial charge in [-0.1, -0.05) is 18.2 Å². The molecule has 14 heavy (non-hydrogen) atoms. The average molecular weight is 196 g/mol. The van der Waals surface area contributed by atoms with E-state index in [0.29, 0.717) is 13.2 Å². The van der Waals surface area contributed by atoms with Gasteiger partial charge in [-0.05, 0) is 32.4 Å². The predicted molar refractivity (Wildman–Crippen MR) is 60.2 cm³/mol. The van der Waals surface area contributed by atoms with Crippen molar-refractivity contribution in [2.45, 2.75) is 20.8 Å². The highest BCUT2D eigenvalue weighted by atomic mass is 16.5. The van der Waals surface area contributed by atoms with Crippen LogP contribution in [0.1, 0.15) is 20.8 Å². The van der Waals surface area contributed by atoms with Gasteiger partial charge in [0.2, 0.25) is 0 Å². The molecular formula is C12H20O2. The molecule has 0 aromatic rings. The van der Waals surface area contributed by atoms with Crippen molar-refractivity contribution in [3.05, 3.63) is 35.6 Å². The highest BCUT2D eigenvalue weighted by Gasteiger charge is 1.95. The third kappa shape index (κ3) is 6.49. The molecule has 0 N–H and O–H groups in total. The Bertz CT molecular complexity index is 233. The van der Waals surface area contributed by atoms with Crippen LogP contribution in [0.2, 0.25) is 0 Å². The molecule has 0 aliphatic heterocycles. The Morgan fingerprint density at radius 3 is 2.21 bits per heavy atom. The molecule has 80 valence electrons. The summed E-state index contributed by atoms with van der Waals surface area (Å²) in [7, 11) is 1.66. The second-order valence-electron chi connectivity index (χ2n) is 3.39. The summed E-state index contributed by atoms with van der Waals surface area (Å²) in [5, 5.41) is 0. The molecule has 0 rings (SSSR count). The molecule has 0 radical (unpaired) electrons. The molecule has 0 unspecified atom stereocenters. The number of hydrogen-bond donors (Lipinski definition) is 0. The lowest BCUT2D eigenvalue weighted by Gasteiger charge is -2.08. The lowest BCUT2D eigenvalue weighted by Crippen LogP contribution is -2.01. The number of methoxy groups -OCH3 is 1. The molecule has 0 spiro atoms. The number of ether oxygens (including phenoxy) is 2. The first-order valence-corrected chi connectivity index (χ1v) is 4.70. The first-order valence-electron chi connectivity index (χ1n) is 4.70. The van der Waals surface area contributed by atoms with Gasteiger partial charge in [-0.2, -0.15) is 0 Å². The van der Waals surface area contributed by atoms with Crippen molar-refractivity contribution in [2.24, 2.45) is 0 Å². The van der Waals surface area contributed by atoms with E-state index in [0.717, 1.165) is 16.9 Å². The summed E-state index contributed by atoms with van der Waals surface area (Å²) in [5.41, 5.74) is 2.16. The van der Waals surface area contributed by atoms with Gasteiger partial charge in [-0.25, -0.2) is 0 Å². The Hall–Kier alpha value is -1.02. The summed E-state index contributed by atoms with van der Waals surface area (Å²) in [6.45, 7) is 11.0. The maximum Gasteiger partial charge on any atom is 0.118 e. The maximum absolute atomic E-state index is 5.52. The van der Waals surface area contributed by atoms with E-state index < -0.39 is 0 Å². The van der Waals surface area contributed by atoms with E-state index in [1.165, 1.54) is 0 Å². The fourth-order valence-corrected chi connectivity index (χ4v) is 0.812. The van der Waals surface area contributed by atoms with Crippen molar-refractivity contribution in [1.29, 1.82) is 0 Å². The molecule has 0 heterocycles. The zero-order chi connectivity index (χ0) is 11.0. The van der Waals surface area contributed by atoms with Gasteiger partial charge < -0.3 is 9.47 Å². The highest BCUT2D eigenvalue weighted by molar-refractivity contribution is 5.24. The van der Waals surface area contributed by atoms with Gasteiger partial charge in [0.05, 0.1) is 6.61 Å². The lowest BCUT2D eigenvalue weighted by atomic mass is 10.2. The normalized spacial score (nSPS) is 10.3. The van der Waals surface area contributed by atoms with Crippen LogP contribution in [-0.2, 0) is 9.47 Å². The summed E-state index contributed by atoms with van der Waals surface area (Å²) in [6.07, 6.45) is 3.88. The third-order valence-electron chi connectivity index (χ3n) is 1.56. The minimum absolute atomic E-state index is 0.581. The largest absolute Gasteiger partial charge is 0.491 e. The molecule has 2 nitrogen and oxygen atoms in total. The van der Waals surface area contributed by atoms with E-state index in [1.807, 2.05) is 32.9 Å². The molecule has 0 saturated carbocycles. The van der Waals surface area contributed by atoms with Gasteiger partial charge in [0.15, 0.2) is 0 Å². The summed E-state index contributed by atoms with van der Waals surface area (Å²) in [6, 6.07) is 0. The SMILES string of the molecule is C=C(C)C=CC(OCCOC)=C(C)C. The molecular weight excluding hydrogens is 176 g/mol. The van der Waals surface area contributed by atoms with Gasteiger partial charge in [-0.3, -0.25) is 0 Å². The van der Waals surface area contributed by atoms with E-state index >= 15 is 0 Å². The van der Waals surface area contributed by atoms with Crippen LogP contribution in [0.25, 0.3) is 0 Å². The molecule has 0 saturated heterocycles. The van der Waals surface area contributed by atoms with E-state index in [1.54, 1.807) is 7.11 Å². The molecule has 0 atom stereocenters. The van der Waals surface area contributed by atoms with Crippen molar-refractivity contribution >= 4 is 0 Å². The Kier molecular flexibility index (Phi) is 6.85. The van der Waals surface area contributed by atoms with Crippen LogP contribution < -0.4 is 0 Å². The molecule has 0 bridgehead atoms. The van der Waals surface area contributed by atoms with E-state index in [4.69, 9.17) is 9.47 Å². The number of hydrogen-bond acceptors (Lipinski definition) is 2. The second-order valence-corrected chi connectivity index (χ2v) is 3.39. The fourth-order valence-electron chi connectivity index (χ4n) is 0.812. The molecule has 0 aromatic carbocycles. The highest BCUT2D eigenvalue weighted by Crippen LogP contribution is 2.08. The van der Waals surface area contributed by atoms with Crippen LogP contribution >= 0.6 is 0 Å². The summed E-state index contributed by atoms with van der Waals surface area (Å²) in [5.74, 6) is 0.894. The van der Waals surface area contributed by atoms with Gasteiger partial charge >= 0.3 is 0 Å². The van der Waals surface area contributed by atoms with Crippen LogP contribution in [0.4, 0.5) is 0 Å². The van der Waals surface area contributed by atoms with E-state index in [9.17, 15) is 0 Å². The molecule has 0 amide bonds. The van der Waals surface area contributed by atoms with Crippen molar-refractivity contribution in [3.8, 4) is 0 Å². The van der Waals surface area contributed by atoms with E-state index in [2.05, 4.69) is 6.58 Å². The minimum Gasteiger partial charge on any atom is -0.491 e. The Morgan fingerprint density at radius 1 is 1.14 bits per heavy atom. The topological polar surface area (TPSA) is 18.5 Å². The molecule has 0 aromatic heterocycles. The number of allylic oxidation sites excluding steroid dienone is 4. The van der Waals surface area contributed by atoms with Crippen LogP contribution in [0.3, 0.4) is 0 Å². The Morgan fingerprint density at radius 2 is 1.79 bits per heavy atom. The monoisotopic (exact) mass is 196 g/mol. The van der Waals surface area contributed by atoms with Crippen LogP contribution in [0.5, 0.6) is 0 Å². The van der Waals surface area contributed by atoms with Crippen molar-refractivity contribution < 1.29 is 9.47 Å². The summed E-state index contributed by atoms with van der Waals surface area (Å²) < 4.78 is 10.4. The first-order chi connectivity index (χ1) is 6.57. The standard InChI is InChI=1S/C12H20O2/c1-10(2)6-7-12(11(3)4)14-9-8-13-5/h6-7H,1,8-9H2,2-5H3. The van der Waals surface area contributed by atoms with Crippen LogP contribution in [0, 0.1) is 0 Å². The molecule has 2 heteroatoms. The molecule has 0 fully saturated rings. The van der Waals surface area contributed by atoms with Crippen molar-refractivity contribution in [3.63, 3.8) is 0 Å². The average Bonchev–Trinajstić information content (AvgIpc) is 2.10. The van der Waals surface area contributed by atoms with Gasteiger partial charge in [-0.15, -0.1) is 0 Å². The van der Waals surface area contributed by atoms with Gasteiger partial charge in [0, 0.05) is 7.11 Å². The quantitative estimate of drug-likeness (QED) is 0.369. The summed E-state index contributed by atoms with van der Waals surface area (Å²) in [4.78, 5) is 0. The minimum atomic E-state index is 0.581. The summed E-state index contributed by atoms with van der Waals surface area (Å²) >= 11 is 0. The zero-order valence-electron chi connectivity index (χ0n) is 9.59. The molecule has 0 aliphatic carbocycles. The fraction of sp³-hybridized carbons (Fsp3) is 0.500. The van der Waals surface area contributed by atoms with Crippen LogP contribution in [0.15, 0.2) is 35.6 Å². The van der Waals surface area contributed by atoms with Gasteiger partial charge in [0.25, 0.3) is 0 Å². The van der Waals surface area contributed by atoms with Gasteiger partial charge in [0.1, 0.15) is 12.4 Å². The van der Waals surface area contributed by atoms with Crippen molar-refractivity contribution in [1.82, 2.24) is 0 Å². The third-order valence-corrected chi connectivity index (χ3v) is 1.56. The first kappa shape index (κ1) is 13.0. The number of rotatable bonds is 6. The van der Waals surface area contributed by atoms with E-state index in [-0.39, 0.29) is 0 Å².